The van der Waals surface area contributed by atoms with Gasteiger partial charge in [-0.25, -0.2) is 0 Å². The Kier molecular flexibility index (Phi) is 4.34. The van der Waals surface area contributed by atoms with Gasteiger partial charge in [0.15, 0.2) is 0 Å². The Morgan fingerprint density at radius 2 is 1.95 bits per heavy atom. The van der Waals surface area contributed by atoms with Crippen LogP contribution in [0.15, 0.2) is 17.1 Å². The maximum atomic E-state index is 12.7. The van der Waals surface area contributed by atoms with E-state index < -0.39 is 17.3 Å². The number of pyridine rings is 1. The largest absolute Gasteiger partial charge is 0.569 e. The maximum Gasteiger partial charge on any atom is 0.569 e. The fourth-order valence-electron chi connectivity index (χ4n) is 1.57. The molecule has 0 aliphatic rings. The molecule has 8 heteroatoms. The summed E-state index contributed by atoms with van der Waals surface area (Å²) in [6, 6.07) is 0.564. The highest BCUT2D eigenvalue weighted by molar-refractivity contribution is 6.17. The lowest BCUT2D eigenvalue weighted by atomic mass is 9.97. The topological polar surface area (TPSA) is 51.5 Å². The van der Waals surface area contributed by atoms with E-state index in [1.807, 2.05) is 0 Å². The molecule has 1 aromatic rings. The van der Waals surface area contributed by atoms with Crippen molar-refractivity contribution in [3.63, 3.8) is 0 Å². The Morgan fingerprint density at radius 1 is 1.37 bits per heavy atom. The highest BCUT2D eigenvalue weighted by Gasteiger charge is 2.35. The highest BCUT2D eigenvalue weighted by atomic mass is 19.4. The average Bonchev–Trinajstić information content (AvgIpc) is 2.19. The van der Waals surface area contributed by atoms with Crippen molar-refractivity contribution in [1.29, 1.82) is 0 Å². The van der Waals surface area contributed by atoms with E-state index in [-0.39, 0.29) is 25.4 Å². The molecule has 4 nitrogen and oxygen atoms in total. The summed E-state index contributed by atoms with van der Waals surface area (Å²) < 4.78 is 43.7. The van der Waals surface area contributed by atoms with Gasteiger partial charge in [-0.2, -0.15) is 13.2 Å². The molecular formula is C11H14BF3NO3. The molecular weight excluding hydrogens is 262 g/mol. The number of rotatable bonds is 3. The van der Waals surface area contributed by atoms with Crippen LogP contribution in [0.5, 0.6) is 5.75 Å². The standard InChI is InChI=1S/C11H14BF3NO3/c1-10(2,3)6-16-5-7(19-12-18)4-8(9(16)17)11(13,14)15/h4-5,18H,6H2,1-3H3. The lowest BCUT2D eigenvalue weighted by Gasteiger charge is -2.21. The summed E-state index contributed by atoms with van der Waals surface area (Å²) in [5.41, 5.74) is -2.84. The van der Waals surface area contributed by atoms with Gasteiger partial charge in [0.1, 0.15) is 11.3 Å². The van der Waals surface area contributed by atoms with Crippen molar-refractivity contribution in [3.05, 3.63) is 28.2 Å². The van der Waals surface area contributed by atoms with E-state index in [2.05, 4.69) is 4.65 Å². The first-order valence-corrected chi connectivity index (χ1v) is 5.49. The van der Waals surface area contributed by atoms with Gasteiger partial charge in [0, 0.05) is 12.7 Å². The van der Waals surface area contributed by atoms with Crippen LogP contribution in [0, 0.1) is 5.41 Å². The van der Waals surface area contributed by atoms with E-state index in [9.17, 15) is 18.0 Å². The van der Waals surface area contributed by atoms with Crippen molar-refractivity contribution >= 4 is 7.69 Å². The fourth-order valence-corrected chi connectivity index (χ4v) is 1.57. The predicted octanol–water partition coefficient (Wildman–Crippen LogP) is 1.82. The zero-order valence-electron chi connectivity index (χ0n) is 10.8. The van der Waals surface area contributed by atoms with Crippen molar-refractivity contribution < 1.29 is 22.8 Å². The third-order valence-electron chi connectivity index (χ3n) is 2.20. The second kappa shape index (κ2) is 5.28. The molecule has 1 radical (unpaired) electrons. The number of aromatic nitrogens is 1. The number of hydrogen-bond acceptors (Lipinski definition) is 3. The molecule has 1 heterocycles. The van der Waals surface area contributed by atoms with Gasteiger partial charge in [-0.15, -0.1) is 0 Å². The van der Waals surface area contributed by atoms with E-state index >= 15 is 0 Å². The third-order valence-corrected chi connectivity index (χ3v) is 2.20. The van der Waals surface area contributed by atoms with Crippen molar-refractivity contribution in [2.75, 3.05) is 0 Å². The molecule has 0 atom stereocenters. The molecule has 0 fully saturated rings. The van der Waals surface area contributed by atoms with E-state index in [1.165, 1.54) is 0 Å². The Morgan fingerprint density at radius 3 is 2.37 bits per heavy atom. The molecule has 1 rings (SSSR count). The Balaban J connectivity index is 3.38. The summed E-state index contributed by atoms with van der Waals surface area (Å²) >= 11 is 0. The third kappa shape index (κ3) is 4.31. The van der Waals surface area contributed by atoms with Crippen LogP contribution in [0.1, 0.15) is 26.3 Å². The average molecular weight is 276 g/mol. The van der Waals surface area contributed by atoms with Crippen LogP contribution < -0.4 is 10.2 Å². The lowest BCUT2D eigenvalue weighted by molar-refractivity contribution is -0.139. The van der Waals surface area contributed by atoms with Gasteiger partial charge in [0.05, 0.1) is 0 Å². The monoisotopic (exact) mass is 276 g/mol. The van der Waals surface area contributed by atoms with E-state index in [0.717, 1.165) is 10.8 Å². The summed E-state index contributed by atoms with van der Waals surface area (Å²) in [7, 11) is 0.265. The predicted molar refractivity (Wildman–Crippen MR) is 63.8 cm³/mol. The highest BCUT2D eigenvalue weighted by Crippen LogP contribution is 2.29. The molecule has 1 N–H and O–H groups in total. The van der Waals surface area contributed by atoms with Gasteiger partial charge in [-0.1, -0.05) is 20.8 Å². The van der Waals surface area contributed by atoms with Gasteiger partial charge in [0.2, 0.25) is 0 Å². The maximum absolute atomic E-state index is 12.7. The van der Waals surface area contributed by atoms with Crippen molar-refractivity contribution in [2.45, 2.75) is 33.5 Å². The molecule has 0 saturated heterocycles. The zero-order chi connectivity index (χ0) is 14.8. The first kappa shape index (κ1) is 15.6. The fraction of sp³-hybridized carbons (Fsp3) is 0.545. The molecule has 0 aliphatic carbocycles. The van der Waals surface area contributed by atoms with Gasteiger partial charge >= 0.3 is 13.9 Å². The van der Waals surface area contributed by atoms with Gasteiger partial charge in [-0.3, -0.25) is 4.79 Å². The molecule has 0 aliphatic heterocycles. The second-order valence-electron chi connectivity index (χ2n) is 5.30. The quantitative estimate of drug-likeness (QED) is 0.857. The molecule has 0 spiro atoms. The minimum atomic E-state index is -4.77. The van der Waals surface area contributed by atoms with Crippen LogP contribution >= 0.6 is 0 Å². The summed E-state index contributed by atoms with van der Waals surface area (Å²) in [6.07, 6.45) is -3.64. The Bertz CT molecular complexity index is 505. The minimum absolute atomic E-state index is 0.0948. The molecule has 0 amide bonds. The summed E-state index contributed by atoms with van der Waals surface area (Å²) in [6.45, 7) is 5.47. The normalized spacial score (nSPS) is 12.4. The van der Waals surface area contributed by atoms with Crippen molar-refractivity contribution in [1.82, 2.24) is 4.57 Å². The van der Waals surface area contributed by atoms with Crippen LogP contribution in [-0.2, 0) is 12.7 Å². The van der Waals surface area contributed by atoms with Gasteiger partial charge in [-0.05, 0) is 11.5 Å². The van der Waals surface area contributed by atoms with Crippen LogP contribution in [0.4, 0.5) is 13.2 Å². The summed E-state index contributed by atoms with van der Waals surface area (Å²) in [5.74, 6) is -0.251. The summed E-state index contributed by atoms with van der Waals surface area (Å²) in [4.78, 5) is 11.8. The molecule has 105 valence electrons. The zero-order valence-corrected chi connectivity index (χ0v) is 10.8. The van der Waals surface area contributed by atoms with E-state index in [0.29, 0.717) is 6.07 Å². The van der Waals surface area contributed by atoms with Crippen molar-refractivity contribution in [2.24, 2.45) is 5.41 Å². The molecule has 0 aromatic carbocycles. The molecule has 1 aromatic heterocycles. The molecule has 0 bridgehead atoms. The number of hydrogen-bond donors (Lipinski definition) is 1. The first-order chi connectivity index (χ1) is 8.54. The van der Waals surface area contributed by atoms with Gasteiger partial charge < -0.3 is 14.2 Å². The molecule has 19 heavy (non-hydrogen) atoms. The van der Waals surface area contributed by atoms with Gasteiger partial charge in [0.25, 0.3) is 5.56 Å². The molecule has 0 unspecified atom stereocenters. The van der Waals surface area contributed by atoms with E-state index in [4.69, 9.17) is 5.02 Å². The van der Waals surface area contributed by atoms with Crippen LogP contribution in [0.25, 0.3) is 0 Å². The molecule has 0 saturated carbocycles. The van der Waals surface area contributed by atoms with Crippen molar-refractivity contribution in [3.8, 4) is 5.75 Å². The lowest BCUT2D eigenvalue weighted by Crippen LogP contribution is -2.32. The number of halogens is 3. The van der Waals surface area contributed by atoms with Crippen LogP contribution in [0.3, 0.4) is 0 Å². The number of alkyl halides is 3. The second-order valence-corrected chi connectivity index (χ2v) is 5.30. The Labute approximate surface area is 109 Å². The smallest absolute Gasteiger partial charge is 0.536 e. The van der Waals surface area contributed by atoms with E-state index in [1.54, 1.807) is 20.8 Å². The summed E-state index contributed by atoms with van der Waals surface area (Å²) in [5, 5.41) is 8.49. The van der Waals surface area contributed by atoms with Crippen LogP contribution in [-0.4, -0.2) is 17.3 Å². The first-order valence-electron chi connectivity index (χ1n) is 5.49. The minimum Gasteiger partial charge on any atom is -0.536 e. The Hall–Kier alpha value is -1.44. The SMILES string of the molecule is CC(C)(C)Cn1cc(O[B]O)cc(C(F)(F)F)c1=O. The van der Waals surface area contributed by atoms with Crippen LogP contribution in [0.2, 0.25) is 0 Å². The number of nitrogens with zero attached hydrogens (tertiary/aromatic N) is 1.